The van der Waals surface area contributed by atoms with Gasteiger partial charge in [0.2, 0.25) is 11.8 Å². The standard InChI is InChI=1S/C26H27N5O4/c32-23(10-9-21-25(34)29-20-8-4-2-6-18(20)24(33)30-21)27-17-11-13-31(14-12-17)26(35)22-15-16-5-1-3-7-19(16)28-22/h1-8,15,17,21,28H,9-14H2,(H,27,32)(H,29,34)(H,30,33)/t21-/m1/s1. The third kappa shape index (κ3) is 4.89. The topological polar surface area (TPSA) is 123 Å². The Morgan fingerprint density at radius 3 is 2.54 bits per heavy atom. The lowest BCUT2D eigenvalue weighted by atomic mass is 10.0. The number of carbonyl (C=O) groups excluding carboxylic acids is 4. The van der Waals surface area contributed by atoms with E-state index in [2.05, 4.69) is 20.9 Å². The van der Waals surface area contributed by atoms with Gasteiger partial charge in [0.1, 0.15) is 11.7 Å². The maximum absolute atomic E-state index is 12.9. The molecule has 3 heterocycles. The van der Waals surface area contributed by atoms with Gasteiger partial charge in [-0.15, -0.1) is 0 Å². The Bertz CT molecular complexity index is 1260. The monoisotopic (exact) mass is 473 g/mol. The van der Waals surface area contributed by atoms with Crippen molar-refractivity contribution >= 4 is 40.2 Å². The summed E-state index contributed by atoms with van der Waals surface area (Å²) in [6, 6.07) is 15.6. The number of aromatic amines is 1. The SMILES string of the molecule is O=C(CC[C@H]1NC(=O)c2ccccc2NC1=O)NC1CCN(C(=O)c2cc3ccccc3[nH]2)CC1. The summed E-state index contributed by atoms with van der Waals surface area (Å²) in [5.74, 6) is -0.882. The van der Waals surface area contributed by atoms with Crippen LogP contribution in [-0.2, 0) is 9.59 Å². The lowest BCUT2D eigenvalue weighted by molar-refractivity contribution is -0.122. The van der Waals surface area contributed by atoms with Crippen molar-refractivity contribution in [2.75, 3.05) is 18.4 Å². The van der Waals surface area contributed by atoms with Gasteiger partial charge < -0.3 is 25.8 Å². The lowest BCUT2D eigenvalue weighted by Gasteiger charge is -2.32. The van der Waals surface area contributed by atoms with Crippen LogP contribution in [0.5, 0.6) is 0 Å². The summed E-state index contributed by atoms with van der Waals surface area (Å²) in [7, 11) is 0. The molecule has 0 saturated carbocycles. The van der Waals surface area contributed by atoms with Gasteiger partial charge in [-0.2, -0.15) is 0 Å². The molecule has 0 unspecified atom stereocenters. The molecule has 2 aliphatic rings. The number of fused-ring (bicyclic) bond motifs is 2. The van der Waals surface area contributed by atoms with E-state index in [9.17, 15) is 19.2 Å². The molecule has 0 spiro atoms. The number of H-pyrrole nitrogens is 1. The van der Waals surface area contributed by atoms with Gasteiger partial charge in [-0.05, 0) is 43.5 Å². The summed E-state index contributed by atoms with van der Waals surface area (Å²) in [6.07, 6.45) is 1.64. The number of rotatable bonds is 5. The number of benzene rings is 2. The molecule has 9 heteroatoms. The Morgan fingerprint density at radius 2 is 1.74 bits per heavy atom. The van der Waals surface area contributed by atoms with Gasteiger partial charge in [-0.25, -0.2) is 0 Å². The fraction of sp³-hybridized carbons (Fsp3) is 0.308. The van der Waals surface area contributed by atoms with Crippen LogP contribution in [0.3, 0.4) is 0 Å². The van der Waals surface area contributed by atoms with Crippen molar-refractivity contribution in [1.82, 2.24) is 20.5 Å². The smallest absolute Gasteiger partial charge is 0.270 e. The van der Waals surface area contributed by atoms with E-state index in [1.807, 2.05) is 30.3 Å². The second kappa shape index (κ2) is 9.61. The number of amides is 4. The van der Waals surface area contributed by atoms with E-state index in [1.165, 1.54) is 0 Å². The van der Waals surface area contributed by atoms with Gasteiger partial charge in [0.25, 0.3) is 11.8 Å². The molecule has 2 aromatic carbocycles. The van der Waals surface area contributed by atoms with Gasteiger partial charge in [-0.1, -0.05) is 30.3 Å². The fourth-order valence-corrected chi connectivity index (χ4v) is 4.68. The first-order valence-corrected chi connectivity index (χ1v) is 11.8. The third-order valence-electron chi connectivity index (χ3n) is 6.62. The number of para-hydroxylation sites is 2. The van der Waals surface area contributed by atoms with Gasteiger partial charge in [0.05, 0.1) is 11.3 Å². The average Bonchev–Trinajstić information content (AvgIpc) is 3.26. The summed E-state index contributed by atoms with van der Waals surface area (Å²) in [6.45, 7) is 1.11. The van der Waals surface area contributed by atoms with Gasteiger partial charge in [0, 0.05) is 36.5 Å². The van der Waals surface area contributed by atoms with Crippen LogP contribution in [0.1, 0.15) is 46.5 Å². The lowest BCUT2D eigenvalue weighted by Crippen LogP contribution is -2.47. The second-order valence-electron chi connectivity index (χ2n) is 9.00. The van der Waals surface area contributed by atoms with Crippen LogP contribution in [-0.4, -0.2) is 58.7 Å². The first-order valence-electron chi connectivity index (χ1n) is 11.8. The number of piperidine rings is 1. The molecule has 2 aliphatic heterocycles. The average molecular weight is 474 g/mol. The summed E-state index contributed by atoms with van der Waals surface area (Å²) in [5, 5.41) is 9.47. The van der Waals surface area contributed by atoms with Crippen molar-refractivity contribution in [2.45, 2.75) is 37.8 Å². The minimum atomic E-state index is -0.781. The summed E-state index contributed by atoms with van der Waals surface area (Å²) in [5.41, 5.74) is 2.37. The molecule has 1 atom stereocenters. The molecule has 0 radical (unpaired) electrons. The van der Waals surface area contributed by atoms with Gasteiger partial charge in [-0.3, -0.25) is 19.2 Å². The van der Waals surface area contributed by atoms with Gasteiger partial charge in [0.15, 0.2) is 0 Å². The van der Waals surface area contributed by atoms with Crippen molar-refractivity contribution in [3.8, 4) is 0 Å². The van der Waals surface area contributed by atoms with Crippen LogP contribution in [0.2, 0.25) is 0 Å². The minimum Gasteiger partial charge on any atom is -0.353 e. The quantitative estimate of drug-likeness (QED) is 0.454. The summed E-state index contributed by atoms with van der Waals surface area (Å²) >= 11 is 0. The van der Waals surface area contributed by atoms with E-state index >= 15 is 0 Å². The molecule has 5 rings (SSSR count). The molecule has 1 aromatic heterocycles. The Labute approximate surface area is 202 Å². The number of hydrogen-bond acceptors (Lipinski definition) is 4. The zero-order chi connectivity index (χ0) is 24.4. The highest BCUT2D eigenvalue weighted by Crippen LogP contribution is 2.20. The number of carbonyl (C=O) groups is 4. The molecule has 1 fully saturated rings. The molecular formula is C26H27N5O4. The molecule has 3 aromatic rings. The maximum Gasteiger partial charge on any atom is 0.270 e. The molecule has 180 valence electrons. The number of likely N-dealkylation sites (tertiary alicyclic amines) is 1. The van der Waals surface area contributed by atoms with E-state index in [4.69, 9.17) is 0 Å². The summed E-state index contributed by atoms with van der Waals surface area (Å²) < 4.78 is 0. The molecule has 0 aliphatic carbocycles. The highest BCUT2D eigenvalue weighted by molar-refractivity contribution is 6.09. The molecule has 4 N–H and O–H groups in total. The van der Waals surface area contributed by atoms with Gasteiger partial charge >= 0.3 is 0 Å². The number of nitrogens with one attached hydrogen (secondary N) is 4. The van der Waals surface area contributed by atoms with E-state index in [-0.39, 0.29) is 42.5 Å². The fourth-order valence-electron chi connectivity index (χ4n) is 4.68. The van der Waals surface area contributed by atoms with Crippen molar-refractivity contribution < 1.29 is 19.2 Å². The molecule has 0 bridgehead atoms. The second-order valence-corrected chi connectivity index (χ2v) is 9.00. The van der Waals surface area contributed by atoms with Crippen LogP contribution < -0.4 is 16.0 Å². The predicted molar refractivity (Wildman–Crippen MR) is 131 cm³/mol. The van der Waals surface area contributed by atoms with Crippen LogP contribution in [0.25, 0.3) is 10.9 Å². The van der Waals surface area contributed by atoms with Crippen molar-refractivity contribution in [2.24, 2.45) is 0 Å². The third-order valence-corrected chi connectivity index (χ3v) is 6.62. The zero-order valence-corrected chi connectivity index (χ0v) is 19.2. The normalized spacial score (nSPS) is 18.4. The maximum atomic E-state index is 12.9. The van der Waals surface area contributed by atoms with E-state index < -0.39 is 6.04 Å². The van der Waals surface area contributed by atoms with Crippen molar-refractivity contribution in [1.29, 1.82) is 0 Å². The Morgan fingerprint density at radius 1 is 1.00 bits per heavy atom. The molecular weight excluding hydrogens is 446 g/mol. The molecule has 4 amide bonds. The first-order chi connectivity index (χ1) is 17.0. The summed E-state index contributed by atoms with van der Waals surface area (Å²) in [4.78, 5) is 55.3. The van der Waals surface area contributed by atoms with Crippen LogP contribution in [0.4, 0.5) is 5.69 Å². The van der Waals surface area contributed by atoms with E-state index in [0.29, 0.717) is 42.9 Å². The van der Waals surface area contributed by atoms with Crippen LogP contribution in [0.15, 0.2) is 54.6 Å². The Hall–Kier alpha value is -4.14. The highest BCUT2D eigenvalue weighted by atomic mass is 16.2. The number of nitrogens with zero attached hydrogens (tertiary/aromatic N) is 1. The van der Waals surface area contributed by atoms with Crippen LogP contribution in [0, 0.1) is 0 Å². The Kier molecular flexibility index (Phi) is 6.22. The minimum absolute atomic E-state index is 0.0314. The number of hydrogen-bond donors (Lipinski definition) is 4. The van der Waals surface area contributed by atoms with E-state index in [1.54, 1.807) is 29.2 Å². The largest absolute Gasteiger partial charge is 0.353 e. The number of anilines is 1. The molecule has 35 heavy (non-hydrogen) atoms. The molecule has 9 nitrogen and oxygen atoms in total. The Balaban J connectivity index is 1.09. The van der Waals surface area contributed by atoms with Crippen LogP contribution >= 0.6 is 0 Å². The predicted octanol–water partition coefficient (Wildman–Crippen LogP) is 2.42. The number of aromatic nitrogens is 1. The van der Waals surface area contributed by atoms with Crippen molar-refractivity contribution in [3.05, 3.63) is 65.9 Å². The molecule has 1 saturated heterocycles. The first kappa shape index (κ1) is 22.6. The zero-order valence-electron chi connectivity index (χ0n) is 19.2. The van der Waals surface area contributed by atoms with E-state index in [0.717, 1.165) is 10.9 Å². The van der Waals surface area contributed by atoms with Crippen molar-refractivity contribution in [3.63, 3.8) is 0 Å². The highest BCUT2D eigenvalue weighted by Gasteiger charge is 2.29.